The van der Waals surface area contributed by atoms with Crippen LogP contribution in [0.5, 0.6) is 11.5 Å². The van der Waals surface area contributed by atoms with Crippen LogP contribution in [0.2, 0.25) is 5.02 Å². The number of carbonyl (C=O) groups is 2. The zero-order valence-electron chi connectivity index (χ0n) is 16.6. The minimum Gasteiger partial charge on any atom is -0.504 e. The fourth-order valence-electron chi connectivity index (χ4n) is 2.95. The average Bonchev–Trinajstić information content (AvgIpc) is 2.96. The summed E-state index contributed by atoms with van der Waals surface area (Å²) in [6, 6.07) is 9.95. The molecule has 31 heavy (non-hydrogen) atoms. The second-order valence-electron chi connectivity index (χ2n) is 6.37. The van der Waals surface area contributed by atoms with E-state index in [4.69, 9.17) is 33.3 Å². The van der Waals surface area contributed by atoms with Gasteiger partial charge in [0.15, 0.2) is 16.6 Å². The van der Waals surface area contributed by atoms with Crippen LogP contribution < -0.4 is 9.64 Å². The number of hydrogen-bond acceptors (Lipinski definition) is 6. The maximum Gasteiger partial charge on any atom is 0.325 e. The van der Waals surface area contributed by atoms with Crippen molar-refractivity contribution in [3.8, 4) is 11.5 Å². The zero-order chi connectivity index (χ0) is 22.7. The average molecular weight is 573 g/mol. The lowest BCUT2D eigenvalue weighted by molar-refractivity contribution is -0.140. The Kier molecular flexibility index (Phi) is 7.39. The van der Waals surface area contributed by atoms with Gasteiger partial charge in [0.05, 0.1) is 23.0 Å². The van der Waals surface area contributed by atoms with E-state index in [9.17, 15) is 14.7 Å². The molecule has 0 aromatic heterocycles. The van der Waals surface area contributed by atoms with Gasteiger partial charge < -0.3 is 19.5 Å². The van der Waals surface area contributed by atoms with Crippen molar-refractivity contribution in [3.63, 3.8) is 0 Å². The summed E-state index contributed by atoms with van der Waals surface area (Å²) in [6.07, 6.45) is 1.59. The highest BCUT2D eigenvalue weighted by atomic mass is 127. The molecule has 0 radical (unpaired) electrons. The second kappa shape index (κ2) is 9.84. The van der Waals surface area contributed by atoms with Crippen molar-refractivity contribution in [1.82, 2.24) is 4.90 Å². The first-order chi connectivity index (χ1) is 14.8. The number of esters is 1. The highest BCUT2D eigenvalue weighted by Gasteiger charge is 2.40. The van der Waals surface area contributed by atoms with Gasteiger partial charge in [0, 0.05) is 5.02 Å². The first kappa shape index (κ1) is 23.3. The van der Waals surface area contributed by atoms with Crippen LogP contribution in [0.25, 0.3) is 6.08 Å². The van der Waals surface area contributed by atoms with Crippen molar-refractivity contribution in [2.24, 2.45) is 0 Å². The van der Waals surface area contributed by atoms with Crippen LogP contribution in [0.4, 0.5) is 5.69 Å². The van der Waals surface area contributed by atoms with Crippen molar-refractivity contribution < 1.29 is 24.2 Å². The molecule has 1 saturated heterocycles. The molecule has 1 heterocycles. The molecule has 1 amide bonds. The number of phenolic OH excluding ortho intramolecular Hbond substituents is 1. The molecule has 1 aliphatic rings. The molecular formula is C21H18ClIN2O5S. The van der Waals surface area contributed by atoms with Gasteiger partial charge in [0.2, 0.25) is 0 Å². The van der Waals surface area contributed by atoms with Gasteiger partial charge in [-0.1, -0.05) is 11.6 Å². The number of ether oxygens (including phenoxy) is 2. The highest BCUT2D eigenvalue weighted by molar-refractivity contribution is 14.1. The van der Waals surface area contributed by atoms with Crippen LogP contribution in [0, 0.1) is 3.57 Å². The number of halogens is 2. The monoisotopic (exact) mass is 572 g/mol. The molecule has 0 saturated carbocycles. The fourth-order valence-corrected chi connectivity index (χ4v) is 4.05. The number of phenols is 1. The Bertz CT molecular complexity index is 1070. The van der Waals surface area contributed by atoms with Gasteiger partial charge in [-0.3, -0.25) is 14.5 Å². The largest absolute Gasteiger partial charge is 0.504 e. The summed E-state index contributed by atoms with van der Waals surface area (Å²) in [7, 11) is 1.26. The topological polar surface area (TPSA) is 79.3 Å². The summed E-state index contributed by atoms with van der Waals surface area (Å²) in [4.78, 5) is 28.0. The molecule has 162 valence electrons. The zero-order valence-corrected chi connectivity index (χ0v) is 20.3. The molecule has 7 nitrogen and oxygen atoms in total. The molecule has 0 atom stereocenters. The first-order valence-electron chi connectivity index (χ1n) is 9.12. The quantitative estimate of drug-likeness (QED) is 0.241. The van der Waals surface area contributed by atoms with Crippen molar-refractivity contribution >= 4 is 75.2 Å². The molecular weight excluding hydrogens is 555 g/mol. The van der Waals surface area contributed by atoms with Crippen LogP contribution in [-0.4, -0.2) is 47.3 Å². The summed E-state index contributed by atoms with van der Waals surface area (Å²) in [5, 5.41) is 10.9. The van der Waals surface area contributed by atoms with Crippen LogP contribution in [0.1, 0.15) is 12.5 Å². The van der Waals surface area contributed by atoms with Crippen LogP contribution in [-0.2, 0) is 14.3 Å². The Labute approximate surface area is 203 Å². The Hall–Kier alpha value is -2.37. The Balaban J connectivity index is 2.09. The van der Waals surface area contributed by atoms with Gasteiger partial charge in [-0.15, -0.1) is 0 Å². The summed E-state index contributed by atoms with van der Waals surface area (Å²) in [6.45, 7) is 1.94. The van der Waals surface area contributed by atoms with Gasteiger partial charge in [0.1, 0.15) is 12.2 Å². The number of methoxy groups -OCH3 is 1. The van der Waals surface area contributed by atoms with E-state index in [-0.39, 0.29) is 23.1 Å². The number of amides is 1. The summed E-state index contributed by atoms with van der Waals surface area (Å²) in [5.41, 5.74) is 1.31. The normalized spacial score (nSPS) is 15.0. The molecule has 10 heteroatoms. The molecule has 1 N–H and O–H groups in total. The standard InChI is InChI=1S/C21H18ClIN2O5S/c1-3-30-17-10-12(8-15(23)19(17)27)9-16-20(28)25(14-6-4-13(22)5-7-14)21(31)24(16)11-18(26)29-2/h4-10,27H,3,11H2,1-2H3/b16-9-. The van der Waals surface area contributed by atoms with Gasteiger partial charge in [-0.2, -0.15) is 0 Å². The van der Waals surface area contributed by atoms with Gasteiger partial charge >= 0.3 is 5.97 Å². The van der Waals surface area contributed by atoms with Crippen LogP contribution >= 0.6 is 46.4 Å². The Morgan fingerprint density at radius 1 is 1.29 bits per heavy atom. The number of hydrogen-bond donors (Lipinski definition) is 1. The van der Waals surface area contributed by atoms with Crippen LogP contribution in [0.3, 0.4) is 0 Å². The number of anilines is 1. The van der Waals surface area contributed by atoms with Crippen molar-refractivity contribution in [2.75, 3.05) is 25.2 Å². The van der Waals surface area contributed by atoms with Gasteiger partial charge in [0.25, 0.3) is 5.91 Å². The molecule has 0 unspecified atom stereocenters. The first-order valence-corrected chi connectivity index (χ1v) is 11.0. The number of aromatic hydroxyl groups is 1. The van der Waals surface area contributed by atoms with E-state index in [1.165, 1.54) is 16.9 Å². The Morgan fingerprint density at radius 3 is 2.58 bits per heavy atom. The third-order valence-corrected chi connectivity index (χ3v) is 5.87. The minimum absolute atomic E-state index is 0.0204. The molecule has 1 fully saturated rings. The molecule has 0 spiro atoms. The van der Waals surface area contributed by atoms with E-state index >= 15 is 0 Å². The van der Waals surface area contributed by atoms with E-state index in [0.717, 1.165) is 0 Å². The molecule has 1 aliphatic heterocycles. The summed E-state index contributed by atoms with van der Waals surface area (Å²) in [5.74, 6) is -0.637. The minimum atomic E-state index is -0.547. The third kappa shape index (κ3) is 4.94. The van der Waals surface area contributed by atoms with E-state index in [1.807, 2.05) is 22.6 Å². The lowest BCUT2D eigenvalue weighted by Gasteiger charge is -2.19. The van der Waals surface area contributed by atoms with E-state index in [1.54, 1.807) is 49.4 Å². The number of rotatable bonds is 6. The third-order valence-electron chi connectivity index (χ3n) is 4.39. The molecule has 0 aliphatic carbocycles. The van der Waals surface area contributed by atoms with E-state index in [0.29, 0.717) is 32.2 Å². The molecule has 2 aromatic carbocycles. The lowest BCUT2D eigenvalue weighted by Crippen LogP contribution is -2.35. The number of thiocarbonyl (C=S) groups is 1. The predicted molar refractivity (Wildman–Crippen MR) is 130 cm³/mol. The van der Waals surface area contributed by atoms with Crippen molar-refractivity contribution in [2.45, 2.75) is 6.92 Å². The Morgan fingerprint density at radius 2 is 1.97 bits per heavy atom. The molecule has 2 aromatic rings. The predicted octanol–water partition coefficient (Wildman–Crippen LogP) is 4.20. The van der Waals surface area contributed by atoms with E-state index < -0.39 is 11.9 Å². The number of nitrogens with zero attached hydrogens (tertiary/aromatic N) is 2. The maximum atomic E-state index is 13.3. The van der Waals surface area contributed by atoms with Gasteiger partial charge in [-0.25, -0.2) is 0 Å². The molecule has 0 bridgehead atoms. The smallest absolute Gasteiger partial charge is 0.325 e. The molecule has 3 rings (SSSR count). The summed E-state index contributed by atoms with van der Waals surface area (Å²) >= 11 is 13.4. The number of carbonyl (C=O) groups excluding carboxylic acids is 2. The maximum absolute atomic E-state index is 13.3. The van der Waals surface area contributed by atoms with Crippen LogP contribution in [0.15, 0.2) is 42.1 Å². The van der Waals surface area contributed by atoms with Crippen molar-refractivity contribution in [1.29, 1.82) is 0 Å². The fraction of sp³-hybridized carbons (Fsp3) is 0.190. The van der Waals surface area contributed by atoms with E-state index in [2.05, 4.69) is 0 Å². The lowest BCUT2D eigenvalue weighted by atomic mass is 10.1. The number of benzene rings is 2. The SMILES string of the molecule is CCOc1cc(/C=C2/C(=O)N(c3ccc(Cl)cc3)C(=S)N2CC(=O)OC)cc(I)c1O. The highest BCUT2D eigenvalue weighted by Crippen LogP contribution is 2.35. The van der Waals surface area contributed by atoms with Gasteiger partial charge in [-0.05, 0) is 89.8 Å². The second-order valence-corrected chi connectivity index (χ2v) is 8.34. The van der Waals surface area contributed by atoms with Crippen molar-refractivity contribution in [3.05, 3.63) is 56.3 Å². The summed E-state index contributed by atoms with van der Waals surface area (Å²) < 4.78 is 10.8.